The molecule has 0 radical (unpaired) electrons. The van der Waals surface area contributed by atoms with Gasteiger partial charge in [0.25, 0.3) is 11.6 Å². The normalized spacial score (nSPS) is 11.7. The smallest absolute Gasteiger partial charge is 0.339 e. The fourth-order valence-electron chi connectivity index (χ4n) is 2.13. The largest absolute Gasteiger partial charge is 0.399 e. The van der Waals surface area contributed by atoms with E-state index in [9.17, 15) is 13.2 Å². The Labute approximate surface area is 162 Å². The zero-order chi connectivity index (χ0) is 18.9. The summed E-state index contributed by atoms with van der Waals surface area (Å²) in [5.74, 6) is -0.631. The van der Waals surface area contributed by atoms with E-state index in [1.807, 2.05) is 0 Å². The first-order valence-corrected chi connectivity index (χ1v) is 10.9. The highest BCUT2D eigenvalue weighted by atomic mass is 35.5. The van der Waals surface area contributed by atoms with Crippen LogP contribution in [0.25, 0.3) is 11.2 Å². The molecule has 12 heteroatoms. The molecule has 0 fully saturated rings. The third kappa shape index (κ3) is 4.26. The number of carbonyl (C=O) groups excluding carboxylic acids is 1. The molecule has 26 heavy (non-hydrogen) atoms. The van der Waals surface area contributed by atoms with Crippen molar-refractivity contribution in [3.05, 3.63) is 40.1 Å². The number of imidazole rings is 1. The topological polar surface area (TPSA) is 119 Å². The number of carbonyl (C=O) groups is 1. The number of anilines is 1. The number of rotatable bonds is 5. The van der Waals surface area contributed by atoms with Crippen LogP contribution in [0.15, 0.2) is 29.6 Å². The number of aromatic nitrogens is 4. The molecule has 3 rings (SSSR count). The van der Waals surface area contributed by atoms with Gasteiger partial charge in [0.1, 0.15) is 5.52 Å². The first kappa shape index (κ1) is 18.9. The molecule has 0 unspecified atom stereocenters. The van der Waals surface area contributed by atoms with Gasteiger partial charge in [0.05, 0.1) is 12.1 Å². The second kappa shape index (κ2) is 7.39. The van der Waals surface area contributed by atoms with Gasteiger partial charge in [-0.3, -0.25) is 4.79 Å². The molecule has 0 aliphatic rings. The van der Waals surface area contributed by atoms with Crippen LogP contribution < -0.4 is 10.3 Å². The molecule has 0 saturated carbocycles. The van der Waals surface area contributed by atoms with Gasteiger partial charge in [-0.1, -0.05) is 29.3 Å². The van der Waals surface area contributed by atoms with E-state index in [4.69, 9.17) is 23.2 Å². The van der Waals surface area contributed by atoms with E-state index < -0.39 is 8.87 Å². The highest BCUT2D eigenvalue weighted by molar-refractivity contribution is 8.71. The first-order valence-electron chi connectivity index (χ1n) is 7.14. The second-order valence-electron chi connectivity index (χ2n) is 5.18. The Morgan fingerprint density at radius 2 is 2.04 bits per heavy atom. The van der Waals surface area contributed by atoms with Gasteiger partial charge in [-0.2, -0.15) is 0 Å². The van der Waals surface area contributed by atoms with Crippen molar-refractivity contribution in [3.8, 4) is 0 Å². The summed E-state index contributed by atoms with van der Waals surface area (Å²) in [4.78, 5) is 24.9. The lowest BCUT2D eigenvalue weighted by Crippen LogP contribution is -2.21. The van der Waals surface area contributed by atoms with Gasteiger partial charge in [0, 0.05) is 33.3 Å². The highest BCUT2D eigenvalue weighted by Gasteiger charge is 2.25. The molecule has 1 amide bonds. The monoisotopic (exact) mass is 432 g/mol. The standard InChI is InChI=1S/C14H11Cl2N5O3S2/c1-7(22)19-14-20-12-11(17-6-18-12)13(21-14)25-26(23,24)5-8-9(15)3-2-4-10(8)16/h2-4,6H,5H2,1H3,(H2,17,18,19,20,21,22)/p+1. The molecule has 2 heterocycles. The van der Waals surface area contributed by atoms with Crippen molar-refractivity contribution in [1.29, 1.82) is 0 Å². The molecule has 3 aromatic rings. The van der Waals surface area contributed by atoms with Crippen molar-refractivity contribution in [2.45, 2.75) is 17.7 Å². The Morgan fingerprint density at radius 3 is 2.69 bits per heavy atom. The summed E-state index contributed by atoms with van der Waals surface area (Å²) < 4.78 is 25.3. The van der Waals surface area contributed by atoms with Gasteiger partial charge >= 0.3 is 5.95 Å². The third-order valence-corrected chi connectivity index (χ3v) is 6.88. The summed E-state index contributed by atoms with van der Waals surface area (Å²) in [5.41, 5.74) is 0.985. The van der Waals surface area contributed by atoms with Crippen LogP contribution in [0.4, 0.5) is 5.95 Å². The fourth-order valence-corrected chi connectivity index (χ4v) is 5.84. The lowest BCUT2D eigenvalue weighted by Gasteiger charge is -2.07. The summed E-state index contributed by atoms with van der Waals surface area (Å²) in [6.45, 7) is 1.31. The maximum atomic E-state index is 12.7. The molecule has 136 valence electrons. The minimum atomic E-state index is -3.72. The lowest BCUT2D eigenvalue weighted by atomic mass is 10.2. The average Bonchev–Trinajstić information content (AvgIpc) is 2.99. The van der Waals surface area contributed by atoms with Crippen LogP contribution in [-0.2, 0) is 19.4 Å². The number of aromatic amines is 2. The van der Waals surface area contributed by atoms with Crippen molar-refractivity contribution < 1.29 is 18.2 Å². The van der Waals surface area contributed by atoms with Crippen LogP contribution in [0, 0.1) is 0 Å². The number of benzene rings is 1. The zero-order valence-corrected chi connectivity index (χ0v) is 16.4. The second-order valence-corrected chi connectivity index (χ2v) is 10.00. The highest BCUT2D eigenvalue weighted by Crippen LogP contribution is 2.33. The van der Waals surface area contributed by atoms with Crippen LogP contribution >= 0.6 is 34.0 Å². The minimum Gasteiger partial charge on any atom is -0.339 e. The van der Waals surface area contributed by atoms with Gasteiger partial charge < -0.3 is 4.98 Å². The Kier molecular flexibility index (Phi) is 5.37. The molecule has 0 atom stereocenters. The number of hydrogen-bond acceptors (Lipinski definition) is 6. The molecule has 0 spiro atoms. The molecule has 0 aliphatic carbocycles. The zero-order valence-electron chi connectivity index (χ0n) is 13.2. The molecular weight excluding hydrogens is 421 g/mol. The maximum Gasteiger partial charge on any atom is 0.399 e. The van der Waals surface area contributed by atoms with Crippen LogP contribution in [0.1, 0.15) is 12.5 Å². The number of nitrogens with zero attached hydrogens (tertiary/aromatic N) is 2. The molecule has 2 aromatic heterocycles. The maximum absolute atomic E-state index is 12.7. The van der Waals surface area contributed by atoms with Crippen molar-refractivity contribution in [2.24, 2.45) is 0 Å². The molecule has 0 saturated heterocycles. The van der Waals surface area contributed by atoms with Crippen molar-refractivity contribution in [1.82, 2.24) is 15.0 Å². The summed E-state index contributed by atoms with van der Waals surface area (Å²) in [5, 5.41) is 3.25. The number of halogens is 2. The molecule has 3 N–H and O–H groups in total. The van der Waals surface area contributed by atoms with Gasteiger partial charge in [-0.25, -0.2) is 23.7 Å². The lowest BCUT2D eigenvalue weighted by molar-refractivity contribution is -0.410. The number of amides is 1. The van der Waals surface area contributed by atoms with Gasteiger partial charge in [-0.05, 0) is 17.1 Å². The van der Waals surface area contributed by atoms with Gasteiger partial charge in [0.2, 0.25) is 8.87 Å². The Balaban J connectivity index is 1.96. The predicted octanol–water partition coefficient (Wildman–Crippen LogP) is 2.66. The summed E-state index contributed by atoms with van der Waals surface area (Å²) in [6.07, 6.45) is 1.38. The molecule has 1 aromatic carbocycles. The quantitative estimate of drug-likeness (QED) is 0.472. The van der Waals surface area contributed by atoms with Crippen LogP contribution in [-0.4, -0.2) is 29.3 Å². The summed E-state index contributed by atoms with van der Waals surface area (Å²) >= 11 is 12.1. The van der Waals surface area contributed by atoms with Crippen LogP contribution in [0.2, 0.25) is 10.0 Å². The van der Waals surface area contributed by atoms with E-state index in [0.29, 0.717) is 21.9 Å². The third-order valence-electron chi connectivity index (χ3n) is 3.18. The Hall–Kier alpha value is -1.88. The van der Waals surface area contributed by atoms with E-state index in [1.165, 1.54) is 13.3 Å². The van der Waals surface area contributed by atoms with Crippen molar-refractivity contribution in [3.63, 3.8) is 0 Å². The van der Waals surface area contributed by atoms with Gasteiger partial charge in [-0.15, -0.1) is 0 Å². The van der Waals surface area contributed by atoms with E-state index in [0.717, 1.165) is 0 Å². The Bertz CT molecular complexity index is 1080. The van der Waals surface area contributed by atoms with Crippen LogP contribution in [0.5, 0.6) is 0 Å². The number of fused-ring (bicyclic) bond motifs is 1. The van der Waals surface area contributed by atoms with E-state index >= 15 is 0 Å². The van der Waals surface area contributed by atoms with Crippen LogP contribution in [0.3, 0.4) is 0 Å². The van der Waals surface area contributed by atoms with Gasteiger partial charge in [0.15, 0.2) is 5.03 Å². The number of hydrogen-bond donors (Lipinski definition) is 2. The summed E-state index contributed by atoms with van der Waals surface area (Å²) in [7, 11) is -3.15. The van der Waals surface area contributed by atoms with E-state index in [1.54, 1.807) is 18.2 Å². The van der Waals surface area contributed by atoms with Crippen molar-refractivity contribution in [2.75, 3.05) is 5.32 Å². The molecular formula is C14H12Cl2N5O3S2+. The fraction of sp³-hybridized carbons (Fsp3) is 0.143. The SMILES string of the molecule is CC(=O)Nc1nc2nc[nH]c2c(SS(=O)(=O)Cc2c(Cl)cccc2Cl)[nH+]1. The van der Waals surface area contributed by atoms with E-state index in [-0.39, 0.29) is 38.3 Å². The molecule has 8 nitrogen and oxygen atoms in total. The Morgan fingerprint density at radius 1 is 1.35 bits per heavy atom. The predicted molar refractivity (Wildman–Crippen MR) is 99.7 cm³/mol. The average molecular weight is 433 g/mol. The number of nitrogens with one attached hydrogen (secondary N) is 3. The number of H-pyrrole nitrogens is 2. The van der Waals surface area contributed by atoms with E-state index in [2.05, 4.69) is 25.3 Å². The molecule has 0 aliphatic heterocycles. The van der Waals surface area contributed by atoms with Crippen molar-refractivity contribution >= 4 is 65.9 Å². The summed E-state index contributed by atoms with van der Waals surface area (Å²) in [6, 6.07) is 4.78. The minimum absolute atomic E-state index is 0.0885. The first-order chi connectivity index (χ1) is 12.2. The molecule has 0 bridgehead atoms.